The molecule has 150 valence electrons. The van der Waals surface area contributed by atoms with E-state index in [0.717, 1.165) is 4.90 Å². The monoisotopic (exact) mass is 454 g/mol. The van der Waals surface area contributed by atoms with Crippen LogP contribution in [0.15, 0.2) is 80.9 Å². The quantitative estimate of drug-likeness (QED) is 0.343. The minimum Gasteiger partial charge on any atom is -0.508 e. The van der Waals surface area contributed by atoms with Gasteiger partial charge in [0.2, 0.25) is 0 Å². The number of nitrogens with one attached hydrogen (secondary N) is 2. The molecular formula is C19H14N6O2S3. The van der Waals surface area contributed by atoms with Crippen molar-refractivity contribution in [2.24, 2.45) is 0 Å². The Balaban J connectivity index is 1.63. The van der Waals surface area contributed by atoms with E-state index in [-0.39, 0.29) is 17.4 Å². The zero-order chi connectivity index (χ0) is 20.9. The number of carbonyl (C=O) groups excluding carboxylic acids is 1. The molecule has 4 aromatic rings. The molecule has 3 N–H and O–H groups in total. The number of hydrogen-bond donors (Lipinski definition) is 3. The van der Waals surface area contributed by atoms with Crippen LogP contribution in [0.4, 0.5) is 5.13 Å². The van der Waals surface area contributed by atoms with E-state index in [4.69, 9.17) is 0 Å². The van der Waals surface area contributed by atoms with E-state index in [1.807, 2.05) is 24.3 Å². The van der Waals surface area contributed by atoms with Gasteiger partial charge in [0.15, 0.2) is 10.3 Å². The predicted octanol–water partition coefficient (Wildman–Crippen LogP) is 4.74. The van der Waals surface area contributed by atoms with Crippen LogP contribution in [0.2, 0.25) is 0 Å². The number of hydrogen-bond acceptors (Lipinski definition) is 9. The fraction of sp³-hybridized carbons (Fsp3) is 0. The summed E-state index contributed by atoms with van der Waals surface area (Å²) in [5.74, 6) is -0.349. The Hall–Kier alpha value is -3.15. The third kappa shape index (κ3) is 4.87. The van der Waals surface area contributed by atoms with Crippen molar-refractivity contribution in [3.63, 3.8) is 0 Å². The number of pyridine rings is 1. The lowest BCUT2D eigenvalue weighted by molar-refractivity contribution is 0.101. The predicted molar refractivity (Wildman–Crippen MR) is 117 cm³/mol. The van der Waals surface area contributed by atoms with Crippen molar-refractivity contribution < 1.29 is 9.90 Å². The van der Waals surface area contributed by atoms with Crippen molar-refractivity contribution in [2.75, 3.05) is 5.32 Å². The first kappa shape index (κ1) is 20.1. The number of rotatable bonds is 7. The van der Waals surface area contributed by atoms with Crippen LogP contribution in [0.25, 0.3) is 5.76 Å². The maximum Gasteiger partial charge on any atom is 0.277 e. The summed E-state index contributed by atoms with van der Waals surface area (Å²) in [5, 5.41) is 22.3. The van der Waals surface area contributed by atoms with Gasteiger partial charge < -0.3 is 5.11 Å². The lowest BCUT2D eigenvalue weighted by Crippen LogP contribution is -2.15. The molecule has 4 rings (SSSR count). The van der Waals surface area contributed by atoms with E-state index >= 15 is 0 Å². The molecule has 0 bridgehead atoms. The molecule has 0 fully saturated rings. The number of anilines is 1. The number of H-pyrrole nitrogens is 1. The molecule has 8 nitrogen and oxygen atoms in total. The number of thiazole rings is 1. The highest BCUT2D eigenvalue weighted by Crippen LogP contribution is 2.33. The molecule has 0 aliphatic rings. The number of aliphatic hydroxyl groups excluding tert-OH is 1. The van der Waals surface area contributed by atoms with Gasteiger partial charge >= 0.3 is 0 Å². The number of carbonyl (C=O) groups is 1. The van der Waals surface area contributed by atoms with Crippen LogP contribution in [-0.2, 0) is 0 Å². The summed E-state index contributed by atoms with van der Waals surface area (Å²) in [5.41, 5.74) is 0.911. The maximum atomic E-state index is 12.9. The van der Waals surface area contributed by atoms with E-state index < -0.39 is 0 Å². The Morgan fingerprint density at radius 2 is 1.97 bits per heavy atom. The van der Waals surface area contributed by atoms with Crippen LogP contribution in [0, 0.1) is 0 Å². The Kier molecular flexibility index (Phi) is 6.12. The minimum absolute atomic E-state index is 0.00512. The number of nitrogens with zero attached hydrogens (tertiary/aromatic N) is 4. The number of benzene rings is 1. The van der Waals surface area contributed by atoms with Gasteiger partial charge in [-0.25, -0.2) is 15.0 Å². The molecule has 0 spiro atoms. The summed E-state index contributed by atoms with van der Waals surface area (Å²) in [6.07, 6.45) is 3.03. The lowest BCUT2D eigenvalue weighted by Gasteiger charge is -2.10. The minimum atomic E-state index is -0.354. The summed E-state index contributed by atoms with van der Waals surface area (Å²) in [6, 6.07) is 10.9. The molecule has 11 heteroatoms. The van der Waals surface area contributed by atoms with Gasteiger partial charge in [-0.2, -0.15) is 5.10 Å². The Morgan fingerprint density at radius 3 is 2.63 bits per heavy atom. The van der Waals surface area contributed by atoms with Gasteiger partial charge in [-0.15, -0.1) is 11.3 Å². The van der Waals surface area contributed by atoms with Gasteiger partial charge in [-0.05, 0) is 36.0 Å². The van der Waals surface area contributed by atoms with Crippen molar-refractivity contribution in [1.29, 1.82) is 0 Å². The lowest BCUT2D eigenvalue weighted by atomic mass is 10.2. The zero-order valence-electron chi connectivity index (χ0n) is 15.3. The van der Waals surface area contributed by atoms with Gasteiger partial charge in [0.05, 0.1) is 0 Å². The second-order valence-corrected chi connectivity index (χ2v) is 8.77. The Morgan fingerprint density at radius 1 is 1.13 bits per heavy atom. The SMILES string of the molecule is C=C(O)c1ccc(Sc2ccc(Sc3ncn[nH]3)nc2C(=O)Nc2nccs2)cc1. The van der Waals surface area contributed by atoms with Crippen LogP contribution in [0.1, 0.15) is 16.1 Å². The molecule has 3 aromatic heterocycles. The van der Waals surface area contributed by atoms with Crippen LogP contribution in [-0.4, -0.2) is 36.2 Å². The van der Waals surface area contributed by atoms with Crippen molar-refractivity contribution in [3.8, 4) is 0 Å². The van der Waals surface area contributed by atoms with E-state index in [2.05, 4.69) is 37.0 Å². The standard InChI is InChI=1S/C19H14N6O2S3/c1-11(26)12-2-4-13(5-3-12)29-14-6-7-15(30-19-21-10-22-25-19)23-16(14)17(27)24-18-20-8-9-28-18/h2-10,26H,1H2,(H,20,24,27)(H,21,22,25). The van der Waals surface area contributed by atoms with Gasteiger partial charge in [-0.1, -0.05) is 30.5 Å². The number of amides is 1. The molecule has 0 saturated heterocycles. The largest absolute Gasteiger partial charge is 0.508 e. The highest BCUT2D eigenvalue weighted by Gasteiger charge is 2.18. The molecule has 0 radical (unpaired) electrons. The van der Waals surface area contributed by atoms with Crippen LogP contribution in [0.5, 0.6) is 0 Å². The zero-order valence-corrected chi connectivity index (χ0v) is 17.7. The first-order valence-electron chi connectivity index (χ1n) is 8.50. The number of aliphatic hydroxyl groups is 1. The van der Waals surface area contributed by atoms with Crippen molar-refractivity contribution in [3.05, 3.63) is 72.1 Å². The molecule has 0 unspecified atom stereocenters. The van der Waals surface area contributed by atoms with Gasteiger partial charge in [0, 0.05) is 26.9 Å². The number of aromatic amines is 1. The smallest absolute Gasteiger partial charge is 0.277 e. The fourth-order valence-corrected chi connectivity index (χ4v) is 4.45. The van der Waals surface area contributed by atoms with Crippen molar-refractivity contribution in [1.82, 2.24) is 25.1 Å². The first-order chi connectivity index (χ1) is 14.6. The molecule has 0 aliphatic heterocycles. The Bertz CT molecular complexity index is 1160. The molecule has 0 atom stereocenters. The normalized spacial score (nSPS) is 10.7. The van der Waals surface area contributed by atoms with Crippen molar-refractivity contribution in [2.45, 2.75) is 20.0 Å². The maximum absolute atomic E-state index is 12.9. The Labute approximate surface area is 183 Å². The van der Waals surface area contributed by atoms with Gasteiger partial charge in [0.1, 0.15) is 22.8 Å². The summed E-state index contributed by atoms with van der Waals surface area (Å²) in [7, 11) is 0. The second kappa shape index (κ2) is 9.11. The van der Waals surface area contributed by atoms with E-state index in [0.29, 0.717) is 25.8 Å². The third-order valence-corrected chi connectivity index (χ3v) is 6.28. The molecule has 1 amide bonds. The fourth-order valence-electron chi connectivity index (χ4n) is 2.36. The molecule has 0 aliphatic carbocycles. The van der Waals surface area contributed by atoms with Crippen LogP contribution < -0.4 is 5.32 Å². The molecule has 3 heterocycles. The van der Waals surface area contributed by atoms with E-state index in [1.54, 1.807) is 23.7 Å². The average molecular weight is 455 g/mol. The van der Waals surface area contributed by atoms with Gasteiger partial charge in [0.25, 0.3) is 5.91 Å². The van der Waals surface area contributed by atoms with E-state index in [9.17, 15) is 9.90 Å². The van der Waals surface area contributed by atoms with Gasteiger partial charge in [-0.3, -0.25) is 15.2 Å². The van der Waals surface area contributed by atoms with E-state index in [1.165, 1.54) is 41.2 Å². The summed E-state index contributed by atoms with van der Waals surface area (Å²) >= 11 is 4.00. The molecular weight excluding hydrogens is 440 g/mol. The molecule has 30 heavy (non-hydrogen) atoms. The van der Waals surface area contributed by atoms with Crippen LogP contribution in [0.3, 0.4) is 0 Å². The van der Waals surface area contributed by atoms with Crippen LogP contribution >= 0.6 is 34.9 Å². The summed E-state index contributed by atoms with van der Waals surface area (Å²) in [4.78, 5) is 27.2. The second-order valence-electron chi connectivity index (χ2n) is 5.75. The highest BCUT2D eigenvalue weighted by atomic mass is 32.2. The average Bonchev–Trinajstić information content (AvgIpc) is 3.44. The first-order valence-corrected chi connectivity index (χ1v) is 11.0. The topological polar surface area (TPSA) is 117 Å². The molecule has 0 saturated carbocycles. The summed E-state index contributed by atoms with van der Waals surface area (Å²) in [6.45, 7) is 3.52. The van der Waals surface area contributed by atoms with Crippen molar-refractivity contribution >= 4 is 51.7 Å². The molecule has 1 aromatic carbocycles. The highest BCUT2D eigenvalue weighted by molar-refractivity contribution is 7.99. The third-order valence-electron chi connectivity index (χ3n) is 3.71. The number of aromatic nitrogens is 5. The summed E-state index contributed by atoms with van der Waals surface area (Å²) < 4.78 is 0.